The Morgan fingerprint density at radius 3 is 2.38 bits per heavy atom. The van der Waals surface area contributed by atoms with Gasteiger partial charge in [-0.05, 0) is 0 Å². The van der Waals surface area contributed by atoms with Crippen LogP contribution in [-0.4, -0.2) is 42.6 Å². The molecule has 0 aromatic heterocycles. The van der Waals surface area contributed by atoms with Crippen molar-refractivity contribution in [3.8, 4) is 0 Å². The number of hydrogen-bond donors (Lipinski definition) is 2. The summed E-state index contributed by atoms with van der Waals surface area (Å²) in [5.74, 6) is -0.543. The van der Waals surface area contributed by atoms with E-state index in [9.17, 15) is 9.59 Å². The van der Waals surface area contributed by atoms with Gasteiger partial charge in [0.2, 0.25) is 5.91 Å². The van der Waals surface area contributed by atoms with Gasteiger partial charge in [0.05, 0.1) is 6.10 Å². The molecular weight excluding hydrogens is 174 g/mol. The van der Waals surface area contributed by atoms with Crippen LogP contribution in [0.15, 0.2) is 0 Å². The van der Waals surface area contributed by atoms with Crippen LogP contribution >= 0.6 is 0 Å². The summed E-state index contributed by atoms with van der Waals surface area (Å²) in [4.78, 5) is 23.0. The molecule has 1 saturated heterocycles. The van der Waals surface area contributed by atoms with Crippen LogP contribution in [0.1, 0.15) is 6.42 Å². The third-order valence-electron chi connectivity index (χ3n) is 2.21. The molecule has 1 rings (SSSR count). The SMILES string of the molecule is CO[C@H]1C[C@@H](C(N)=O)N(C(N)=O)C1. The zero-order valence-electron chi connectivity index (χ0n) is 7.40. The van der Waals surface area contributed by atoms with Crippen molar-refractivity contribution in [1.29, 1.82) is 0 Å². The van der Waals surface area contributed by atoms with Crippen LogP contribution < -0.4 is 11.5 Å². The van der Waals surface area contributed by atoms with Gasteiger partial charge in [-0.2, -0.15) is 0 Å². The van der Waals surface area contributed by atoms with E-state index in [4.69, 9.17) is 16.2 Å². The molecule has 1 fully saturated rings. The Morgan fingerprint density at radius 2 is 2.08 bits per heavy atom. The quantitative estimate of drug-likeness (QED) is 0.558. The highest BCUT2D eigenvalue weighted by Crippen LogP contribution is 2.18. The van der Waals surface area contributed by atoms with E-state index in [1.807, 2.05) is 0 Å². The Bertz CT molecular complexity index is 209. The van der Waals surface area contributed by atoms with Crippen LogP contribution in [0.3, 0.4) is 0 Å². The molecule has 0 spiro atoms. The van der Waals surface area contributed by atoms with Gasteiger partial charge in [0.15, 0.2) is 0 Å². The van der Waals surface area contributed by atoms with Gasteiger partial charge in [0.25, 0.3) is 0 Å². The number of carbonyl (C=O) groups is 2. The first-order chi connectivity index (χ1) is 6.06. The molecule has 0 saturated carbocycles. The number of nitrogens with zero attached hydrogens (tertiary/aromatic N) is 1. The lowest BCUT2D eigenvalue weighted by atomic mass is 10.2. The first kappa shape index (κ1) is 9.79. The van der Waals surface area contributed by atoms with E-state index in [1.165, 1.54) is 12.0 Å². The van der Waals surface area contributed by atoms with Crippen LogP contribution in [0.2, 0.25) is 0 Å². The molecule has 3 amide bonds. The Labute approximate surface area is 75.8 Å². The van der Waals surface area contributed by atoms with Crippen LogP contribution in [0, 0.1) is 0 Å². The number of primary amides is 2. The average molecular weight is 187 g/mol. The zero-order chi connectivity index (χ0) is 10.0. The lowest BCUT2D eigenvalue weighted by molar-refractivity contribution is -0.121. The number of hydrogen-bond acceptors (Lipinski definition) is 3. The van der Waals surface area contributed by atoms with Crippen LogP contribution in [0.25, 0.3) is 0 Å². The maximum Gasteiger partial charge on any atom is 0.315 e. The van der Waals surface area contributed by atoms with Gasteiger partial charge < -0.3 is 21.1 Å². The minimum Gasteiger partial charge on any atom is -0.380 e. The maximum absolute atomic E-state index is 10.9. The van der Waals surface area contributed by atoms with E-state index in [1.54, 1.807) is 0 Å². The fourth-order valence-corrected chi connectivity index (χ4v) is 1.48. The molecule has 0 radical (unpaired) electrons. The molecule has 1 aliphatic heterocycles. The molecule has 2 atom stereocenters. The Hall–Kier alpha value is -1.30. The van der Waals surface area contributed by atoms with Crippen molar-refractivity contribution in [2.45, 2.75) is 18.6 Å². The second-order valence-electron chi connectivity index (χ2n) is 3.00. The number of ether oxygens (including phenoxy) is 1. The van der Waals surface area contributed by atoms with Gasteiger partial charge in [-0.25, -0.2) is 4.79 Å². The van der Waals surface area contributed by atoms with Gasteiger partial charge in [0.1, 0.15) is 6.04 Å². The summed E-state index contributed by atoms with van der Waals surface area (Å²) in [6.07, 6.45) is 0.277. The van der Waals surface area contributed by atoms with Crippen molar-refractivity contribution in [1.82, 2.24) is 4.90 Å². The van der Waals surface area contributed by atoms with Gasteiger partial charge in [-0.15, -0.1) is 0 Å². The average Bonchev–Trinajstić information content (AvgIpc) is 2.47. The summed E-state index contributed by atoms with van der Waals surface area (Å²) in [7, 11) is 1.52. The van der Waals surface area contributed by atoms with Gasteiger partial charge in [0, 0.05) is 20.1 Å². The van der Waals surface area contributed by atoms with Gasteiger partial charge >= 0.3 is 6.03 Å². The topological polar surface area (TPSA) is 98.7 Å². The summed E-state index contributed by atoms with van der Waals surface area (Å²) in [6, 6.07) is -1.26. The van der Waals surface area contributed by atoms with E-state index in [-0.39, 0.29) is 6.10 Å². The van der Waals surface area contributed by atoms with E-state index in [0.717, 1.165) is 0 Å². The monoisotopic (exact) mass is 187 g/mol. The second kappa shape index (κ2) is 3.61. The van der Waals surface area contributed by atoms with E-state index in [2.05, 4.69) is 0 Å². The summed E-state index contributed by atoms with van der Waals surface area (Å²) in [5, 5.41) is 0. The van der Waals surface area contributed by atoms with Gasteiger partial charge in [-0.3, -0.25) is 4.79 Å². The molecule has 0 aromatic carbocycles. The van der Waals surface area contributed by atoms with E-state index < -0.39 is 18.0 Å². The maximum atomic E-state index is 10.9. The van der Waals surface area contributed by atoms with Crippen molar-refractivity contribution in [3.63, 3.8) is 0 Å². The zero-order valence-corrected chi connectivity index (χ0v) is 7.40. The Kier molecular flexibility index (Phi) is 2.72. The molecular formula is C7H13N3O3. The first-order valence-electron chi connectivity index (χ1n) is 3.94. The molecule has 4 N–H and O–H groups in total. The third-order valence-corrected chi connectivity index (χ3v) is 2.21. The number of nitrogens with two attached hydrogens (primary N) is 2. The Balaban J connectivity index is 2.71. The highest BCUT2D eigenvalue weighted by atomic mass is 16.5. The predicted molar refractivity (Wildman–Crippen MR) is 44.7 cm³/mol. The number of urea groups is 1. The largest absolute Gasteiger partial charge is 0.380 e. The molecule has 0 bridgehead atoms. The Morgan fingerprint density at radius 1 is 1.46 bits per heavy atom. The highest BCUT2D eigenvalue weighted by molar-refractivity contribution is 5.86. The predicted octanol–water partition coefficient (Wildman–Crippen LogP) is -1.36. The molecule has 13 heavy (non-hydrogen) atoms. The summed E-state index contributed by atoms with van der Waals surface area (Å²) < 4.78 is 5.01. The first-order valence-corrected chi connectivity index (χ1v) is 3.94. The molecule has 0 aliphatic carbocycles. The third kappa shape index (κ3) is 1.89. The van der Waals surface area contributed by atoms with Crippen molar-refractivity contribution in [2.75, 3.05) is 13.7 Å². The lowest BCUT2D eigenvalue weighted by Gasteiger charge is -2.18. The van der Waals surface area contributed by atoms with Crippen molar-refractivity contribution >= 4 is 11.9 Å². The van der Waals surface area contributed by atoms with Crippen LogP contribution in [0.4, 0.5) is 4.79 Å². The molecule has 1 aliphatic rings. The fourth-order valence-electron chi connectivity index (χ4n) is 1.48. The van der Waals surface area contributed by atoms with Crippen LogP contribution in [0.5, 0.6) is 0 Å². The van der Waals surface area contributed by atoms with Gasteiger partial charge in [-0.1, -0.05) is 0 Å². The number of amides is 3. The molecule has 0 aromatic rings. The molecule has 6 heteroatoms. The van der Waals surface area contributed by atoms with E-state index in [0.29, 0.717) is 13.0 Å². The molecule has 0 unspecified atom stereocenters. The molecule has 1 heterocycles. The van der Waals surface area contributed by atoms with Crippen molar-refractivity contribution in [2.24, 2.45) is 11.5 Å². The number of likely N-dealkylation sites (tertiary alicyclic amines) is 1. The number of rotatable bonds is 2. The standard InChI is InChI=1S/C7H13N3O3/c1-13-4-2-5(6(8)11)10(3-4)7(9)12/h4-5H,2-3H2,1H3,(H2,8,11)(H2,9,12)/t4-,5-/m0/s1. The summed E-state index contributed by atoms with van der Waals surface area (Å²) in [6.45, 7) is 0.333. The lowest BCUT2D eigenvalue weighted by Crippen LogP contribution is -2.46. The normalized spacial score (nSPS) is 27.6. The summed E-state index contributed by atoms with van der Waals surface area (Å²) in [5.41, 5.74) is 10.2. The minimum absolute atomic E-state index is 0.148. The number of methoxy groups -OCH3 is 1. The second-order valence-corrected chi connectivity index (χ2v) is 3.00. The number of carbonyl (C=O) groups excluding carboxylic acids is 2. The fraction of sp³-hybridized carbons (Fsp3) is 0.714. The van der Waals surface area contributed by atoms with Crippen LogP contribution in [-0.2, 0) is 9.53 Å². The van der Waals surface area contributed by atoms with Crippen molar-refractivity contribution < 1.29 is 14.3 Å². The highest BCUT2D eigenvalue weighted by Gasteiger charge is 2.37. The molecule has 74 valence electrons. The summed E-state index contributed by atoms with van der Waals surface area (Å²) >= 11 is 0. The minimum atomic E-state index is -0.636. The van der Waals surface area contributed by atoms with E-state index >= 15 is 0 Å². The smallest absolute Gasteiger partial charge is 0.315 e. The van der Waals surface area contributed by atoms with Crippen molar-refractivity contribution in [3.05, 3.63) is 0 Å². The molecule has 6 nitrogen and oxygen atoms in total.